The highest BCUT2D eigenvalue weighted by atomic mass is 19.4. The second kappa shape index (κ2) is 5.47. The second-order valence-electron chi connectivity index (χ2n) is 6.54. The summed E-state index contributed by atoms with van der Waals surface area (Å²) in [6, 6.07) is 2.20. The lowest BCUT2D eigenvalue weighted by atomic mass is 9.97. The van der Waals surface area contributed by atoms with E-state index in [0.29, 0.717) is 5.92 Å². The maximum atomic E-state index is 12.7. The molecule has 8 heteroatoms. The van der Waals surface area contributed by atoms with Gasteiger partial charge in [-0.1, -0.05) is 0 Å². The third-order valence-corrected chi connectivity index (χ3v) is 4.72. The summed E-state index contributed by atoms with van der Waals surface area (Å²) in [6.07, 6.45) is -1.24. The van der Waals surface area contributed by atoms with Crippen LogP contribution in [0.3, 0.4) is 0 Å². The quantitative estimate of drug-likeness (QED) is 0.914. The number of hydrogen-bond acceptors (Lipinski definition) is 4. The molecule has 2 aromatic rings. The molecule has 128 valence electrons. The van der Waals surface area contributed by atoms with Crippen LogP contribution in [-0.2, 0) is 6.18 Å². The highest BCUT2D eigenvalue weighted by Crippen LogP contribution is 2.33. The normalized spacial score (nSPS) is 26.7. The number of pyridine rings is 1. The summed E-state index contributed by atoms with van der Waals surface area (Å²) in [5, 5.41) is 3.15. The molecule has 2 saturated heterocycles. The summed E-state index contributed by atoms with van der Waals surface area (Å²) in [5.41, 5.74) is 0.0773. The number of alkyl halides is 3. The molecule has 2 aromatic heterocycles. The Hall–Kier alpha value is -2.09. The number of hydrogen-bond donors (Lipinski definition) is 1. The molecule has 2 aliphatic heterocycles. The van der Waals surface area contributed by atoms with Crippen LogP contribution in [0.4, 0.5) is 13.2 Å². The number of fused-ring (bicyclic) bond motifs is 3. The minimum absolute atomic E-state index is 0.00920. The van der Waals surface area contributed by atoms with E-state index in [2.05, 4.69) is 15.2 Å². The van der Waals surface area contributed by atoms with Gasteiger partial charge in [0.15, 0.2) is 0 Å². The van der Waals surface area contributed by atoms with E-state index >= 15 is 0 Å². The summed E-state index contributed by atoms with van der Waals surface area (Å²) in [4.78, 5) is 18.6. The number of aromatic nitrogens is 1. The lowest BCUT2D eigenvalue weighted by molar-refractivity contribution is -0.152. The molecule has 2 aliphatic rings. The Morgan fingerprint density at radius 2 is 2.17 bits per heavy atom. The SMILES string of the molecule is O=C(N[C@@H]1C[C@@H]2CCN(C2)C1)c1cc2oc(C(F)(F)F)cc2cn1. The topological polar surface area (TPSA) is 58.4 Å². The zero-order chi connectivity index (χ0) is 16.9. The van der Waals surface area contributed by atoms with Gasteiger partial charge >= 0.3 is 6.18 Å². The Morgan fingerprint density at radius 3 is 2.92 bits per heavy atom. The van der Waals surface area contributed by atoms with Crippen molar-refractivity contribution in [2.45, 2.75) is 25.1 Å². The second-order valence-corrected chi connectivity index (χ2v) is 6.54. The summed E-state index contributed by atoms with van der Waals surface area (Å²) >= 11 is 0. The third kappa shape index (κ3) is 2.86. The fourth-order valence-electron chi connectivity index (χ4n) is 3.62. The molecule has 4 rings (SSSR count). The monoisotopic (exact) mass is 339 g/mol. The number of piperidine rings is 1. The van der Waals surface area contributed by atoms with E-state index in [1.165, 1.54) is 12.3 Å². The van der Waals surface area contributed by atoms with Gasteiger partial charge < -0.3 is 14.6 Å². The molecule has 0 aliphatic carbocycles. The number of rotatable bonds is 2. The minimum atomic E-state index is -4.56. The molecule has 1 amide bonds. The zero-order valence-corrected chi connectivity index (χ0v) is 12.8. The molecule has 0 aromatic carbocycles. The van der Waals surface area contributed by atoms with Gasteiger partial charge in [-0.25, -0.2) is 0 Å². The van der Waals surface area contributed by atoms with Crippen LogP contribution in [0.15, 0.2) is 22.7 Å². The first-order chi connectivity index (χ1) is 11.4. The molecule has 0 spiro atoms. The molecule has 1 unspecified atom stereocenters. The Morgan fingerprint density at radius 1 is 1.33 bits per heavy atom. The van der Waals surface area contributed by atoms with Crippen molar-refractivity contribution in [1.82, 2.24) is 15.2 Å². The Kier molecular flexibility index (Phi) is 3.52. The van der Waals surface area contributed by atoms with Crippen molar-refractivity contribution in [3.05, 3.63) is 29.8 Å². The molecular weight excluding hydrogens is 323 g/mol. The molecule has 2 fully saturated rings. The first kappa shape index (κ1) is 15.4. The van der Waals surface area contributed by atoms with Gasteiger partial charge in [0.25, 0.3) is 5.91 Å². The van der Waals surface area contributed by atoms with Crippen LogP contribution in [0.5, 0.6) is 0 Å². The lowest BCUT2D eigenvalue weighted by Gasteiger charge is -2.30. The fourth-order valence-corrected chi connectivity index (χ4v) is 3.62. The Labute approximate surface area is 135 Å². The Bertz CT molecular complexity index is 774. The maximum Gasteiger partial charge on any atom is 0.449 e. The highest BCUT2D eigenvalue weighted by molar-refractivity contribution is 5.95. The van der Waals surface area contributed by atoms with Crippen LogP contribution in [-0.4, -0.2) is 41.5 Å². The van der Waals surface area contributed by atoms with E-state index < -0.39 is 11.9 Å². The lowest BCUT2D eigenvalue weighted by Crippen LogP contribution is -2.47. The van der Waals surface area contributed by atoms with E-state index in [4.69, 9.17) is 4.42 Å². The first-order valence-corrected chi connectivity index (χ1v) is 7.88. The summed E-state index contributed by atoms with van der Waals surface area (Å²) in [5.74, 6) is -0.859. The van der Waals surface area contributed by atoms with Gasteiger partial charge in [0.1, 0.15) is 11.3 Å². The molecule has 0 radical (unpaired) electrons. The Balaban J connectivity index is 1.52. The molecule has 5 nitrogen and oxygen atoms in total. The number of nitrogens with zero attached hydrogens (tertiary/aromatic N) is 2. The van der Waals surface area contributed by atoms with Gasteiger partial charge in [-0.2, -0.15) is 13.2 Å². The minimum Gasteiger partial charge on any atom is -0.451 e. The molecule has 24 heavy (non-hydrogen) atoms. The van der Waals surface area contributed by atoms with E-state index in [9.17, 15) is 18.0 Å². The number of nitrogens with one attached hydrogen (secondary N) is 1. The maximum absolute atomic E-state index is 12.7. The van der Waals surface area contributed by atoms with Gasteiger partial charge in [0.2, 0.25) is 5.76 Å². The standard InChI is InChI=1S/C16H16F3N3O2/c17-16(18,19)14-4-10-6-20-12(5-13(10)24-14)15(23)21-11-3-9-1-2-22(7-9)8-11/h4-6,9,11H,1-3,7-8H2,(H,21,23)/t9-,11+/m0/s1. The van der Waals surface area contributed by atoms with E-state index in [0.717, 1.165) is 38.5 Å². The van der Waals surface area contributed by atoms with Gasteiger partial charge in [-0.15, -0.1) is 0 Å². The van der Waals surface area contributed by atoms with Crippen molar-refractivity contribution in [2.24, 2.45) is 5.92 Å². The molecule has 4 heterocycles. The van der Waals surface area contributed by atoms with E-state index in [1.807, 2.05) is 0 Å². The summed E-state index contributed by atoms with van der Waals surface area (Å²) in [6.45, 7) is 2.96. The van der Waals surface area contributed by atoms with Gasteiger partial charge in [0, 0.05) is 36.8 Å². The van der Waals surface area contributed by atoms with Crippen molar-refractivity contribution in [1.29, 1.82) is 0 Å². The summed E-state index contributed by atoms with van der Waals surface area (Å²) < 4.78 is 42.8. The van der Waals surface area contributed by atoms with Crippen LogP contribution < -0.4 is 5.32 Å². The number of carbonyl (C=O) groups is 1. The predicted molar refractivity (Wildman–Crippen MR) is 79.4 cm³/mol. The van der Waals surface area contributed by atoms with Crippen LogP contribution in [0.1, 0.15) is 29.1 Å². The first-order valence-electron chi connectivity index (χ1n) is 7.88. The predicted octanol–water partition coefficient (Wildman–Crippen LogP) is 2.67. The average molecular weight is 339 g/mol. The van der Waals surface area contributed by atoms with Crippen molar-refractivity contribution in [2.75, 3.05) is 19.6 Å². The van der Waals surface area contributed by atoms with Crippen molar-refractivity contribution >= 4 is 16.9 Å². The van der Waals surface area contributed by atoms with Crippen LogP contribution in [0.25, 0.3) is 11.0 Å². The van der Waals surface area contributed by atoms with Gasteiger partial charge in [0.05, 0.1) is 0 Å². The zero-order valence-electron chi connectivity index (χ0n) is 12.8. The van der Waals surface area contributed by atoms with Crippen molar-refractivity contribution in [3.8, 4) is 0 Å². The van der Waals surface area contributed by atoms with Crippen molar-refractivity contribution < 1.29 is 22.4 Å². The van der Waals surface area contributed by atoms with E-state index in [-0.39, 0.29) is 28.6 Å². The number of amides is 1. The average Bonchev–Trinajstić information content (AvgIpc) is 3.09. The molecule has 2 bridgehead atoms. The molecular formula is C16H16F3N3O2. The third-order valence-electron chi connectivity index (χ3n) is 4.72. The van der Waals surface area contributed by atoms with Crippen LogP contribution >= 0.6 is 0 Å². The number of carbonyl (C=O) groups excluding carboxylic acids is 1. The highest BCUT2D eigenvalue weighted by Gasteiger charge is 2.36. The van der Waals surface area contributed by atoms with Crippen LogP contribution in [0, 0.1) is 5.92 Å². The van der Waals surface area contributed by atoms with E-state index in [1.54, 1.807) is 0 Å². The summed E-state index contributed by atoms with van der Waals surface area (Å²) in [7, 11) is 0. The van der Waals surface area contributed by atoms with Gasteiger partial charge in [-0.3, -0.25) is 9.78 Å². The van der Waals surface area contributed by atoms with Crippen LogP contribution in [0.2, 0.25) is 0 Å². The fraction of sp³-hybridized carbons (Fsp3) is 0.500. The molecule has 1 N–H and O–H groups in total. The molecule has 0 saturated carbocycles. The smallest absolute Gasteiger partial charge is 0.449 e. The molecule has 3 atom stereocenters. The number of halogens is 3. The van der Waals surface area contributed by atoms with Crippen molar-refractivity contribution in [3.63, 3.8) is 0 Å². The largest absolute Gasteiger partial charge is 0.451 e. The van der Waals surface area contributed by atoms with Gasteiger partial charge in [-0.05, 0) is 31.4 Å². The number of furan rings is 1.